The van der Waals surface area contributed by atoms with E-state index in [1.807, 2.05) is 18.2 Å². The predicted octanol–water partition coefficient (Wildman–Crippen LogP) is 1.46. The van der Waals surface area contributed by atoms with Gasteiger partial charge in [0.25, 0.3) is 5.91 Å². The zero-order valence-corrected chi connectivity index (χ0v) is 17.0. The van der Waals surface area contributed by atoms with Crippen LogP contribution in [0.1, 0.15) is 16.8 Å². The molecule has 2 aromatic rings. The van der Waals surface area contributed by atoms with Gasteiger partial charge in [-0.3, -0.25) is 14.5 Å². The number of benzene rings is 1. The molecule has 0 atom stereocenters. The molecular weight excluding hydrogens is 388 g/mol. The van der Waals surface area contributed by atoms with Crippen LogP contribution in [-0.2, 0) is 4.79 Å². The van der Waals surface area contributed by atoms with Crippen LogP contribution >= 0.6 is 11.8 Å². The first-order valence-electron chi connectivity index (χ1n) is 9.78. The van der Waals surface area contributed by atoms with Crippen LogP contribution in [0, 0.1) is 0 Å². The molecule has 1 aromatic carbocycles. The SMILES string of the molecule is O=C1CSc2ccc(C(=O)NCCCN3CCN(c4ncccn4)CC3)cc2N1. The first-order valence-corrected chi connectivity index (χ1v) is 10.8. The molecule has 2 amide bonds. The molecule has 0 aliphatic carbocycles. The van der Waals surface area contributed by atoms with Crippen molar-refractivity contribution in [2.24, 2.45) is 0 Å². The third kappa shape index (κ3) is 5.04. The first-order chi connectivity index (χ1) is 14.2. The average molecular weight is 413 g/mol. The molecule has 0 spiro atoms. The van der Waals surface area contributed by atoms with Gasteiger partial charge in [0.1, 0.15) is 0 Å². The van der Waals surface area contributed by atoms with Crippen molar-refractivity contribution in [3.05, 3.63) is 42.2 Å². The Balaban J connectivity index is 1.18. The monoisotopic (exact) mass is 412 g/mol. The number of anilines is 2. The van der Waals surface area contributed by atoms with Gasteiger partial charge in [-0.25, -0.2) is 9.97 Å². The van der Waals surface area contributed by atoms with Crippen LogP contribution in [0.15, 0.2) is 41.6 Å². The van der Waals surface area contributed by atoms with Crippen molar-refractivity contribution in [3.63, 3.8) is 0 Å². The number of nitrogens with one attached hydrogen (secondary N) is 2. The molecule has 0 bridgehead atoms. The van der Waals surface area contributed by atoms with E-state index in [1.54, 1.807) is 18.5 Å². The van der Waals surface area contributed by atoms with Crippen molar-refractivity contribution in [2.75, 3.05) is 55.2 Å². The Morgan fingerprint density at radius 1 is 1.17 bits per heavy atom. The molecule has 1 aromatic heterocycles. The number of carbonyl (C=O) groups is 2. The lowest BCUT2D eigenvalue weighted by Crippen LogP contribution is -2.47. The van der Waals surface area contributed by atoms with Gasteiger partial charge in [0, 0.05) is 55.6 Å². The van der Waals surface area contributed by atoms with E-state index in [4.69, 9.17) is 0 Å². The third-order valence-corrected chi connectivity index (χ3v) is 6.09. The minimum absolute atomic E-state index is 0.0287. The molecule has 0 radical (unpaired) electrons. The highest BCUT2D eigenvalue weighted by Crippen LogP contribution is 2.31. The molecule has 2 aliphatic heterocycles. The second-order valence-corrected chi connectivity index (χ2v) is 8.05. The van der Waals surface area contributed by atoms with Crippen molar-refractivity contribution in [1.29, 1.82) is 0 Å². The maximum atomic E-state index is 12.4. The lowest BCUT2D eigenvalue weighted by Gasteiger charge is -2.34. The van der Waals surface area contributed by atoms with E-state index < -0.39 is 0 Å². The normalized spacial score (nSPS) is 16.8. The molecule has 0 saturated carbocycles. The molecule has 1 saturated heterocycles. The summed E-state index contributed by atoms with van der Waals surface area (Å²) in [5, 5.41) is 5.80. The Morgan fingerprint density at radius 3 is 2.76 bits per heavy atom. The van der Waals surface area contributed by atoms with Gasteiger partial charge in [-0.05, 0) is 37.2 Å². The number of piperazine rings is 1. The average Bonchev–Trinajstić information content (AvgIpc) is 2.77. The molecule has 3 heterocycles. The Labute approximate surface area is 174 Å². The van der Waals surface area contributed by atoms with Gasteiger partial charge >= 0.3 is 0 Å². The second-order valence-electron chi connectivity index (χ2n) is 7.03. The van der Waals surface area contributed by atoms with Gasteiger partial charge in [-0.15, -0.1) is 11.8 Å². The van der Waals surface area contributed by atoms with Gasteiger partial charge in [0.15, 0.2) is 0 Å². The van der Waals surface area contributed by atoms with Crippen molar-refractivity contribution in [1.82, 2.24) is 20.2 Å². The van der Waals surface area contributed by atoms with Gasteiger partial charge in [0.05, 0.1) is 11.4 Å². The van der Waals surface area contributed by atoms with Crippen molar-refractivity contribution >= 4 is 35.2 Å². The summed E-state index contributed by atoms with van der Waals surface area (Å²) in [6.45, 7) is 5.33. The molecule has 2 N–H and O–H groups in total. The fraction of sp³-hybridized carbons (Fsp3) is 0.400. The number of aromatic nitrogens is 2. The number of amides is 2. The van der Waals surface area contributed by atoms with Crippen LogP contribution in [0.3, 0.4) is 0 Å². The Kier molecular flexibility index (Phi) is 6.26. The lowest BCUT2D eigenvalue weighted by atomic mass is 10.2. The third-order valence-electron chi connectivity index (χ3n) is 5.02. The minimum Gasteiger partial charge on any atom is -0.352 e. The molecule has 9 heteroatoms. The topological polar surface area (TPSA) is 90.5 Å². The molecule has 0 unspecified atom stereocenters. The minimum atomic E-state index is -0.108. The molecule has 152 valence electrons. The molecule has 29 heavy (non-hydrogen) atoms. The van der Waals surface area contributed by atoms with Crippen molar-refractivity contribution in [3.8, 4) is 0 Å². The number of carbonyl (C=O) groups excluding carboxylic acids is 2. The first kappa shape index (κ1) is 19.7. The zero-order valence-electron chi connectivity index (χ0n) is 16.1. The van der Waals surface area contributed by atoms with Crippen LogP contribution in [0.5, 0.6) is 0 Å². The molecule has 8 nitrogen and oxygen atoms in total. The standard InChI is InChI=1S/C20H24N6O2S/c27-18-14-29-17-4-3-15(13-16(17)24-18)19(28)21-7-2-8-25-9-11-26(12-10-25)20-22-5-1-6-23-20/h1,3-6,13H,2,7-12,14H2,(H,21,28)(H,24,27). The van der Waals surface area contributed by atoms with E-state index in [-0.39, 0.29) is 11.8 Å². The van der Waals surface area contributed by atoms with E-state index in [0.717, 1.165) is 55.7 Å². The van der Waals surface area contributed by atoms with Crippen LogP contribution in [0.25, 0.3) is 0 Å². The van der Waals surface area contributed by atoms with Gasteiger partial charge in [0.2, 0.25) is 11.9 Å². The van der Waals surface area contributed by atoms with Crippen LogP contribution in [-0.4, -0.2) is 71.7 Å². The predicted molar refractivity (Wildman–Crippen MR) is 113 cm³/mol. The summed E-state index contributed by atoms with van der Waals surface area (Å²) in [6.07, 6.45) is 4.44. The Bertz CT molecular complexity index is 871. The number of fused-ring (bicyclic) bond motifs is 1. The second kappa shape index (κ2) is 9.23. The summed E-state index contributed by atoms with van der Waals surface area (Å²) in [4.78, 5) is 38.1. The quantitative estimate of drug-likeness (QED) is 0.694. The summed E-state index contributed by atoms with van der Waals surface area (Å²) in [5.74, 6) is 1.08. The van der Waals surface area contributed by atoms with Gasteiger partial charge in [-0.2, -0.15) is 0 Å². The summed E-state index contributed by atoms with van der Waals surface area (Å²) in [6, 6.07) is 7.28. The van der Waals surface area contributed by atoms with Gasteiger partial charge in [-0.1, -0.05) is 0 Å². The highest BCUT2D eigenvalue weighted by atomic mass is 32.2. The molecule has 1 fully saturated rings. The number of hydrogen-bond donors (Lipinski definition) is 2. The Morgan fingerprint density at radius 2 is 1.97 bits per heavy atom. The van der Waals surface area contributed by atoms with Crippen LogP contribution < -0.4 is 15.5 Å². The van der Waals surface area contributed by atoms with E-state index in [9.17, 15) is 9.59 Å². The molecule has 4 rings (SSSR count). The lowest BCUT2D eigenvalue weighted by molar-refractivity contribution is -0.113. The highest BCUT2D eigenvalue weighted by molar-refractivity contribution is 8.00. The van der Waals surface area contributed by atoms with Crippen LogP contribution in [0.4, 0.5) is 11.6 Å². The largest absolute Gasteiger partial charge is 0.352 e. The van der Waals surface area contributed by atoms with E-state index in [1.165, 1.54) is 11.8 Å². The highest BCUT2D eigenvalue weighted by Gasteiger charge is 2.19. The van der Waals surface area contributed by atoms with Crippen molar-refractivity contribution < 1.29 is 9.59 Å². The van der Waals surface area contributed by atoms with E-state index in [2.05, 4.69) is 30.4 Å². The maximum absolute atomic E-state index is 12.4. The number of rotatable bonds is 6. The smallest absolute Gasteiger partial charge is 0.251 e. The van der Waals surface area contributed by atoms with Crippen molar-refractivity contribution in [2.45, 2.75) is 11.3 Å². The number of hydrogen-bond acceptors (Lipinski definition) is 7. The fourth-order valence-electron chi connectivity index (χ4n) is 3.46. The summed E-state index contributed by atoms with van der Waals surface area (Å²) < 4.78 is 0. The summed E-state index contributed by atoms with van der Waals surface area (Å²) >= 11 is 1.49. The van der Waals surface area contributed by atoms with Crippen LogP contribution in [0.2, 0.25) is 0 Å². The maximum Gasteiger partial charge on any atom is 0.251 e. The van der Waals surface area contributed by atoms with E-state index in [0.29, 0.717) is 17.9 Å². The number of nitrogens with zero attached hydrogens (tertiary/aromatic N) is 4. The molecule has 2 aliphatic rings. The molecular formula is C20H24N6O2S. The van der Waals surface area contributed by atoms with Gasteiger partial charge < -0.3 is 15.5 Å². The Hall–Kier alpha value is -2.65. The van der Waals surface area contributed by atoms with E-state index >= 15 is 0 Å². The fourth-order valence-corrected chi connectivity index (χ4v) is 4.25. The summed E-state index contributed by atoms with van der Waals surface area (Å²) in [7, 11) is 0. The number of thioether (sulfide) groups is 1. The summed E-state index contributed by atoms with van der Waals surface area (Å²) in [5.41, 5.74) is 1.29. The zero-order chi connectivity index (χ0) is 20.1.